The lowest BCUT2D eigenvalue weighted by atomic mass is 10.2. The number of amides is 2. The summed E-state index contributed by atoms with van der Waals surface area (Å²) in [5.41, 5.74) is 0.231. The van der Waals surface area contributed by atoms with Gasteiger partial charge in [0.15, 0.2) is 5.69 Å². The number of carbonyl (C=O) groups excluding carboxylic acids is 3. The SMILES string of the molecule is CC(C)(C)OC(=O)CNC(=O)c1nc[nH]c1C(=O)NCc1ccccc1. The second-order valence-corrected chi connectivity index (χ2v) is 6.56. The van der Waals surface area contributed by atoms with Gasteiger partial charge in [-0.15, -0.1) is 0 Å². The molecular weight excluding hydrogens is 336 g/mol. The maximum Gasteiger partial charge on any atom is 0.325 e. The Balaban J connectivity index is 1.93. The van der Waals surface area contributed by atoms with Crippen LogP contribution in [-0.2, 0) is 16.1 Å². The number of nitrogens with zero attached hydrogens (tertiary/aromatic N) is 1. The minimum Gasteiger partial charge on any atom is -0.459 e. The third kappa shape index (κ3) is 5.73. The number of ether oxygens (including phenoxy) is 1. The number of nitrogens with one attached hydrogen (secondary N) is 3. The molecular formula is C18H22N4O4. The molecule has 8 heteroatoms. The molecule has 0 aliphatic carbocycles. The Bertz CT molecular complexity index is 778. The van der Waals surface area contributed by atoms with E-state index in [2.05, 4.69) is 20.6 Å². The minimum absolute atomic E-state index is 0.0302. The van der Waals surface area contributed by atoms with Crippen LogP contribution >= 0.6 is 0 Å². The number of aromatic nitrogens is 2. The number of aromatic amines is 1. The van der Waals surface area contributed by atoms with E-state index >= 15 is 0 Å². The largest absolute Gasteiger partial charge is 0.459 e. The van der Waals surface area contributed by atoms with Crippen molar-refractivity contribution in [2.24, 2.45) is 0 Å². The highest BCUT2D eigenvalue weighted by molar-refractivity contribution is 6.05. The summed E-state index contributed by atoms with van der Waals surface area (Å²) in [5.74, 6) is -1.67. The maximum atomic E-state index is 12.3. The van der Waals surface area contributed by atoms with Crippen molar-refractivity contribution in [1.29, 1.82) is 0 Å². The summed E-state index contributed by atoms with van der Waals surface area (Å²) in [6, 6.07) is 9.37. The summed E-state index contributed by atoms with van der Waals surface area (Å²) in [6.07, 6.45) is 1.25. The molecule has 0 aliphatic rings. The fourth-order valence-electron chi connectivity index (χ4n) is 2.12. The first-order valence-electron chi connectivity index (χ1n) is 8.12. The van der Waals surface area contributed by atoms with Crippen LogP contribution in [0.5, 0.6) is 0 Å². The van der Waals surface area contributed by atoms with E-state index in [1.807, 2.05) is 30.3 Å². The second-order valence-electron chi connectivity index (χ2n) is 6.56. The number of hydrogen-bond donors (Lipinski definition) is 3. The molecule has 0 radical (unpaired) electrons. The van der Waals surface area contributed by atoms with Crippen molar-refractivity contribution in [3.8, 4) is 0 Å². The van der Waals surface area contributed by atoms with E-state index in [-0.39, 0.29) is 17.9 Å². The highest BCUT2D eigenvalue weighted by atomic mass is 16.6. The molecule has 0 aliphatic heterocycles. The van der Waals surface area contributed by atoms with Gasteiger partial charge in [-0.1, -0.05) is 30.3 Å². The topological polar surface area (TPSA) is 113 Å². The van der Waals surface area contributed by atoms with Crippen LogP contribution in [0.1, 0.15) is 47.3 Å². The zero-order valence-electron chi connectivity index (χ0n) is 15.0. The normalized spacial score (nSPS) is 10.9. The van der Waals surface area contributed by atoms with Crippen molar-refractivity contribution < 1.29 is 19.1 Å². The summed E-state index contributed by atoms with van der Waals surface area (Å²) in [4.78, 5) is 42.6. The molecule has 0 saturated carbocycles. The lowest BCUT2D eigenvalue weighted by Gasteiger charge is -2.19. The number of imidazole rings is 1. The summed E-state index contributed by atoms with van der Waals surface area (Å²) < 4.78 is 5.11. The third-order valence-electron chi connectivity index (χ3n) is 3.19. The molecule has 0 bridgehead atoms. The minimum atomic E-state index is -0.642. The Hall–Kier alpha value is -3.16. The van der Waals surface area contributed by atoms with Gasteiger partial charge in [0.05, 0.1) is 6.33 Å². The first-order chi connectivity index (χ1) is 12.3. The summed E-state index contributed by atoms with van der Waals surface area (Å²) >= 11 is 0. The lowest BCUT2D eigenvalue weighted by molar-refractivity contribution is -0.153. The molecule has 0 atom stereocenters. The average molecular weight is 358 g/mol. The van der Waals surface area contributed by atoms with E-state index in [1.54, 1.807) is 20.8 Å². The van der Waals surface area contributed by atoms with Crippen LogP contribution in [-0.4, -0.2) is 39.9 Å². The van der Waals surface area contributed by atoms with E-state index in [0.717, 1.165) is 5.56 Å². The van der Waals surface area contributed by atoms with Crippen LogP contribution in [0.2, 0.25) is 0 Å². The molecule has 0 unspecified atom stereocenters. The zero-order chi connectivity index (χ0) is 19.2. The third-order valence-corrected chi connectivity index (χ3v) is 3.19. The van der Waals surface area contributed by atoms with Gasteiger partial charge in [0, 0.05) is 6.54 Å². The number of esters is 1. The fraction of sp³-hybridized carbons (Fsp3) is 0.333. The molecule has 2 amide bonds. The molecule has 26 heavy (non-hydrogen) atoms. The molecule has 1 aromatic heterocycles. The van der Waals surface area contributed by atoms with Crippen molar-refractivity contribution in [3.63, 3.8) is 0 Å². The predicted octanol–water partition coefficient (Wildman–Crippen LogP) is 1.41. The van der Waals surface area contributed by atoms with Gasteiger partial charge in [0.2, 0.25) is 0 Å². The Morgan fingerprint density at radius 3 is 2.42 bits per heavy atom. The van der Waals surface area contributed by atoms with Gasteiger partial charge in [-0.2, -0.15) is 0 Å². The van der Waals surface area contributed by atoms with E-state index < -0.39 is 23.4 Å². The standard InChI is InChI=1S/C18H22N4O4/c1-18(2,3)26-13(23)10-20-17(25)15-14(21-11-22-15)16(24)19-9-12-7-5-4-6-8-12/h4-8,11H,9-10H2,1-3H3,(H,19,24)(H,20,25)(H,21,22). The number of hydrogen-bond acceptors (Lipinski definition) is 5. The van der Waals surface area contributed by atoms with Crippen molar-refractivity contribution >= 4 is 17.8 Å². The first-order valence-corrected chi connectivity index (χ1v) is 8.12. The van der Waals surface area contributed by atoms with Gasteiger partial charge in [-0.3, -0.25) is 14.4 Å². The van der Waals surface area contributed by atoms with Crippen LogP contribution < -0.4 is 10.6 Å². The Labute approximate surface area is 151 Å². The van der Waals surface area contributed by atoms with Crippen molar-refractivity contribution in [2.75, 3.05) is 6.54 Å². The van der Waals surface area contributed by atoms with Crippen molar-refractivity contribution in [2.45, 2.75) is 32.9 Å². The predicted molar refractivity (Wildman–Crippen MR) is 94.4 cm³/mol. The van der Waals surface area contributed by atoms with Crippen molar-refractivity contribution in [3.05, 3.63) is 53.6 Å². The van der Waals surface area contributed by atoms with Crippen LogP contribution in [0.4, 0.5) is 0 Å². The summed E-state index contributed by atoms with van der Waals surface area (Å²) in [6.45, 7) is 5.20. The molecule has 2 rings (SSSR count). The molecule has 0 spiro atoms. The summed E-state index contributed by atoms with van der Waals surface area (Å²) in [5, 5.41) is 5.11. The molecule has 1 heterocycles. The van der Waals surface area contributed by atoms with Gasteiger partial charge in [0.25, 0.3) is 11.8 Å². The first kappa shape index (κ1) is 19.2. The smallest absolute Gasteiger partial charge is 0.325 e. The molecule has 2 aromatic rings. The van der Waals surface area contributed by atoms with E-state index in [1.165, 1.54) is 6.33 Å². The van der Waals surface area contributed by atoms with E-state index in [4.69, 9.17) is 4.74 Å². The number of carbonyl (C=O) groups is 3. The number of rotatable bonds is 6. The number of H-pyrrole nitrogens is 1. The van der Waals surface area contributed by atoms with Gasteiger partial charge in [-0.05, 0) is 26.3 Å². The molecule has 138 valence electrons. The zero-order valence-corrected chi connectivity index (χ0v) is 15.0. The highest BCUT2D eigenvalue weighted by Gasteiger charge is 2.22. The van der Waals surface area contributed by atoms with Gasteiger partial charge >= 0.3 is 5.97 Å². The van der Waals surface area contributed by atoms with Crippen LogP contribution in [0, 0.1) is 0 Å². The van der Waals surface area contributed by atoms with Crippen LogP contribution in [0.25, 0.3) is 0 Å². The molecule has 8 nitrogen and oxygen atoms in total. The average Bonchev–Trinajstić information content (AvgIpc) is 3.07. The van der Waals surface area contributed by atoms with Crippen LogP contribution in [0.15, 0.2) is 36.7 Å². The van der Waals surface area contributed by atoms with Crippen LogP contribution in [0.3, 0.4) is 0 Å². The highest BCUT2D eigenvalue weighted by Crippen LogP contribution is 2.07. The molecule has 0 saturated heterocycles. The maximum absolute atomic E-state index is 12.3. The Morgan fingerprint density at radius 2 is 1.77 bits per heavy atom. The quantitative estimate of drug-likeness (QED) is 0.676. The molecule has 3 N–H and O–H groups in total. The second kappa shape index (κ2) is 8.28. The molecule has 1 aromatic carbocycles. The van der Waals surface area contributed by atoms with E-state index in [0.29, 0.717) is 6.54 Å². The van der Waals surface area contributed by atoms with Gasteiger partial charge in [0.1, 0.15) is 17.8 Å². The summed E-state index contributed by atoms with van der Waals surface area (Å²) in [7, 11) is 0. The molecule has 0 fully saturated rings. The van der Waals surface area contributed by atoms with E-state index in [9.17, 15) is 14.4 Å². The Morgan fingerprint density at radius 1 is 1.08 bits per heavy atom. The number of benzene rings is 1. The monoisotopic (exact) mass is 358 g/mol. The van der Waals surface area contributed by atoms with Crippen molar-refractivity contribution in [1.82, 2.24) is 20.6 Å². The fourth-order valence-corrected chi connectivity index (χ4v) is 2.12. The Kier molecular flexibility index (Phi) is 6.11. The van der Waals surface area contributed by atoms with Gasteiger partial charge < -0.3 is 20.4 Å². The lowest BCUT2D eigenvalue weighted by Crippen LogP contribution is -2.36. The van der Waals surface area contributed by atoms with Gasteiger partial charge in [-0.25, -0.2) is 4.98 Å².